The number of carbonyl (C=O) groups is 1. The van der Waals surface area contributed by atoms with E-state index in [1.165, 1.54) is 4.68 Å². The van der Waals surface area contributed by atoms with E-state index in [0.717, 1.165) is 0 Å². The fourth-order valence-corrected chi connectivity index (χ4v) is 1.34. The summed E-state index contributed by atoms with van der Waals surface area (Å²) >= 11 is 0. The summed E-state index contributed by atoms with van der Waals surface area (Å²) in [4.78, 5) is 11.7. The van der Waals surface area contributed by atoms with Crippen molar-refractivity contribution in [3.63, 3.8) is 0 Å². The number of hydrogen-bond donors (Lipinski definition) is 2. The highest BCUT2D eigenvalue weighted by Crippen LogP contribution is 2.03. The Hall–Kier alpha value is -2.22. The molecule has 2 aromatic rings. The van der Waals surface area contributed by atoms with E-state index in [2.05, 4.69) is 20.7 Å². The standard InChI is InChI=1S/C9H13N7O/c1-15-8(2-3-11-15)12-9(17)6-16-5-7(4-10)13-14-16/h2-3,5H,4,6,10H2,1H3,(H,12,17). The van der Waals surface area contributed by atoms with E-state index >= 15 is 0 Å². The van der Waals surface area contributed by atoms with Gasteiger partial charge in [0.25, 0.3) is 0 Å². The van der Waals surface area contributed by atoms with E-state index in [1.807, 2.05) is 0 Å². The van der Waals surface area contributed by atoms with Gasteiger partial charge in [-0.15, -0.1) is 5.10 Å². The summed E-state index contributed by atoms with van der Waals surface area (Å²) in [6.07, 6.45) is 3.25. The first kappa shape index (κ1) is 11.3. The van der Waals surface area contributed by atoms with Crippen molar-refractivity contribution in [1.82, 2.24) is 24.8 Å². The van der Waals surface area contributed by atoms with Gasteiger partial charge in [0.2, 0.25) is 5.91 Å². The molecule has 0 saturated heterocycles. The molecule has 3 N–H and O–H groups in total. The Morgan fingerprint density at radius 1 is 1.59 bits per heavy atom. The molecule has 0 aliphatic carbocycles. The summed E-state index contributed by atoms with van der Waals surface area (Å²) < 4.78 is 3.01. The maximum Gasteiger partial charge on any atom is 0.247 e. The SMILES string of the molecule is Cn1nccc1NC(=O)Cn1cc(CN)nn1. The predicted molar refractivity (Wildman–Crippen MR) is 59.8 cm³/mol. The Morgan fingerprint density at radius 3 is 3.00 bits per heavy atom. The highest BCUT2D eigenvalue weighted by Gasteiger charge is 2.07. The largest absolute Gasteiger partial charge is 0.325 e. The zero-order chi connectivity index (χ0) is 12.3. The van der Waals surface area contributed by atoms with E-state index in [9.17, 15) is 4.79 Å². The zero-order valence-electron chi connectivity index (χ0n) is 9.37. The number of anilines is 1. The highest BCUT2D eigenvalue weighted by molar-refractivity contribution is 5.89. The zero-order valence-corrected chi connectivity index (χ0v) is 9.37. The Kier molecular flexibility index (Phi) is 3.15. The molecular formula is C9H13N7O. The summed E-state index contributed by atoms with van der Waals surface area (Å²) in [5, 5.41) is 14.2. The molecule has 1 amide bonds. The molecule has 2 rings (SSSR count). The molecule has 0 bridgehead atoms. The van der Waals surface area contributed by atoms with Gasteiger partial charge in [0.15, 0.2) is 0 Å². The molecule has 0 spiro atoms. The van der Waals surface area contributed by atoms with Crippen molar-refractivity contribution < 1.29 is 4.79 Å². The Morgan fingerprint density at radius 2 is 2.41 bits per heavy atom. The van der Waals surface area contributed by atoms with Gasteiger partial charge in [0, 0.05) is 19.7 Å². The van der Waals surface area contributed by atoms with Gasteiger partial charge in [0.1, 0.15) is 12.4 Å². The van der Waals surface area contributed by atoms with E-state index < -0.39 is 0 Å². The quantitative estimate of drug-likeness (QED) is 0.715. The van der Waals surface area contributed by atoms with Crippen LogP contribution in [0.25, 0.3) is 0 Å². The molecule has 0 aliphatic heterocycles. The molecule has 0 atom stereocenters. The van der Waals surface area contributed by atoms with Crippen LogP contribution in [0.3, 0.4) is 0 Å². The molecule has 0 aromatic carbocycles. The lowest BCUT2D eigenvalue weighted by atomic mass is 10.5. The van der Waals surface area contributed by atoms with Crippen LogP contribution in [-0.4, -0.2) is 30.7 Å². The molecule has 0 aliphatic rings. The Bertz CT molecular complexity index is 515. The van der Waals surface area contributed by atoms with Gasteiger partial charge in [-0.2, -0.15) is 5.10 Å². The van der Waals surface area contributed by atoms with Gasteiger partial charge >= 0.3 is 0 Å². The van der Waals surface area contributed by atoms with E-state index in [0.29, 0.717) is 18.1 Å². The first-order valence-electron chi connectivity index (χ1n) is 5.06. The van der Waals surface area contributed by atoms with Gasteiger partial charge in [0.05, 0.1) is 18.1 Å². The molecule has 2 aromatic heterocycles. The van der Waals surface area contributed by atoms with Crippen molar-refractivity contribution >= 4 is 11.7 Å². The third kappa shape index (κ3) is 2.67. The molecule has 0 unspecified atom stereocenters. The molecule has 2 heterocycles. The van der Waals surface area contributed by atoms with E-state index in [-0.39, 0.29) is 12.5 Å². The van der Waals surface area contributed by atoms with Gasteiger partial charge in [-0.05, 0) is 0 Å². The van der Waals surface area contributed by atoms with E-state index in [1.54, 1.807) is 30.2 Å². The average Bonchev–Trinajstić information content (AvgIpc) is 2.89. The van der Waals surface area contributed by atoms with Crippen molar-refractivity contribution in [3.05, 3.63) is 24.2 Å². The second-order valence-electron chi connectivity index (χ2n) is 3.50. The summed E-state index contributed by atoms with van der Waals surface area (Å²) in [5.41, 5.74) is 6.05. The lowest BCUT2D eigenvalue weighted by Crippen LogP contribution is -2.20. The van der Waals surface area contributed by atoms with Crippen molar-refractivity contribution in [2.24, 2.45) is 12.8 Å². The number of rotatable bonds is 4. The van der Waals surface area contributed by atoms with Crippen LogP contribution in [-0.2, 0) is 24.9 Å². The molecular weight excluding hydrogens is 222 g/mol. The van der Waals surface area contributed by atoms with Crippen molar-refractivity contribution in [3.8, 4) is 0 Å². The number of amides is 1. The van der Waals surface area contributed by atoms with Crippen LogP contribution in [0.1, 0.15) is 5.69 Å². The molecule has 8 heteroatoms. The number of carbonyl (C=O) groups excluding carboxylic acids is 1. The van der Waals surface area contributed by atoms with Crippen LogP contribution in [0.4, 0.5) is 5.82 Å². The third-order valence-corrected chi connectivity index (χ3v) is 2.19. The minimum atomic E-state index is -0.193. The van der Waals surface area contributed by atoms with E-state index in [4.69, 9.17) is 5.73 Å². The molecule has 90 valence electrons. The van der Waals surface area contributed by atoms with Gasteiger partial charge in [-0.25, -0.2) is 4.68 Å². The monoisotopic (exact) mass is 235 g/mol. The Balaban J connectivity index is 1.95. The maximum absolute atomic E-state index is 11.7. The van der Waals surface area contributed by atoms with Gasteiger partial charge in [-0.1, -0.05) is 5.21 Å². The highest BCUT2D eigenvalue weighted by atomic mass is 16.2. The van der Waals surface area contributed by atoms with Crippen LogP contribution in [0.2, 0.25) is 0 Å². The van der Waals surface area contributed by atoms with Gasteiger partial charge in [-0.3, -0.25) is 9.48 Å². The van der Waals surface area contributed by atoms with Crippen LogP contribution in [0.15, 0.2) is 18.5 Å². The molecule has 0 radical (unpaired) electrons. The predicted octanol–water partition coefficient (Wildman–Crippen LogP) is -0.891. The average molecular weight is 235 g/mol. The van der Waals surface area contributed by atoms with Crippen LogP contribution < -0.4 is 11.1 Å². The summed E-state index contributed by atoms with van der Waals surface area (Å²) in [5.74, 6) is 0.441. The second-order valence-corrected chi connectivity index (χ2v) is 3.50. The van der Waals surface area contributed by atoms with Gasteiger partial charge < -0.3 is 11.1 Å². The number of nitrogens with one attached hydrogen (secondary N) is 1. The van der Waals surface area contributed by atoms with Crippen LogP contribution in [0.5, 0.6) is 0 Å². The maximum atomic E-state index is 11.7. The minimum Gasteiger partial charge on any atom is -0.325 e. The lowest BCUT2D eigenvalue weighted by Gasteiger charge is -2.04. The molecule has 0 saturated carbocycles. The van der Waals surface area contributed by atoms with Crippen molar-refractivity contribution in [2.75, 3.05) is 5.32 Å². The molecule has 0 fully saturated rings. The van der Waals surface area contributed by atoms with Crippen molar-refractivity contribution in [2.45, 2.75) is 13.1 Å². The number of nitrogens with zero attached hydrogens (tertiary/aromatic N) is 5. The molecule has 17 heavy (non-hydrogen) atoms. The number of hydrogen-bond acceptors (Lipinski definition) is 5. The lowest BCUT2D eigenvalue weighted by molar-refractivity contribution is -0.117. The fourth-order valence-electron chi connectivity index (χ4n) is 1.34. The Labute approximate surface area is 97.4 Å². The molecule has 8 nitrogen and oxygen atoms in total. The fraction of sp³-hybridized carbons (Fsp3) is 0.333. The minimum absolute atomic E-state index is 0.0954. The summed E-state index contributed by atoms with van der Waals surface area (Å²) in [6.45, 7) is 0.404. The summed E-state index contributed by atoms with van der Waals surface area (Å²) in [6, 6.07) is 1.71. The van der Waals surface area contributed by atoms with Crippen molar-refractivity contribution in [1.29, 1.82) is 0 Å². The second kappa shape index (κ2) is 4.74. The normalized spacial score (nSPS) is 10.5. The first-order valence-corrected chi connectivity index (χ1v) is 5.06. The number of aryl methyl sites for hydroxylation is 1. The van der Waals surface area contributed by atoms with Crippen LogP contribution >= 0.6 is 0 Å². The summed E-state index contributed by atoms with van der Waals surface area (Å²) in [7, 11) is 1.75. The van der Waals surface area contributed by atoms with Crippen LogP contribution in [0, 0.1) is 0 Å². The first-order chi connectivity index (χ1) is 8.19. The number of nitrogens with two attached hydrogens (primary N) is 1. The smallest absolute Gasteiger partial charge is 0.247 e. The number of aromatic nitrogens is 5. The topological polar surface area (TPSA) is 104 Å². The third-order valence-electron chi connectivity index (χ3n) is 2.19.